The largest absolute Gasteiger partial charge is 0.456 e. The van der Waals surface area contributed by atoms with E-state index in [0.717, 1.165) is 39.6 Å². The number of aromatic nitrogens is 1. The monoisotopic (exact) mass is 431 g/mol. The third-order valence-electron chi connectivity index (χ3n) is 5.29. The van der Waals surface area contributed by atoms with E-state index in [9.17, 15) is 14.9 Å². The second kappa shape index (κ2) is 10.1. The van der Waals surface area contributed by atoms with Gasteiger partial charge < -0.3 is 9.64 Å². The molecule has 1 saturated carbocycles. The van der Waals surface area contributed by atoms with Crippen molar-refractivity contribution in [2.75, 3.05) is 19.4 Å². The van der Waals surface area contributed by atoms with E-state index in [1.54, 1.807) is 30.1 Å². The summed E-state index contributed by atoms with van der Waals surface area (Å²) >= 11 is 3.27. The number of rotatable bonds is 8. The van der Waals surface area contributed by atoms with E-state index in [2.05, 4.69) is 11.1 Å². The van der Waals surface area contributed by atoms with Gasteiger partial charge in [-0.3, -0.25) is 9.59 Å². The molecule has 1 aliphatic rings. The SMILES string of the molecule is CN(C(=O)COC(=O)CCCSc1nc2ccccc2s1)C1(C#N)CCCCC1. The number of nitrogens with zero attached hydrogens (tertiary/aromatic N) is 3. The molecule has 3 rings (SSSR count). The molecule has 0 spiro atoms. The fraction of sp³-hybridized carbons (Fsp3) is 0.524. The minimum absolute atomic E-state index is 0.262. The third kappa shape index (κ3) is 5.49. The number of ether oxygens (including phenoxy) is 1. The second-order valence-corrected chi connectivity index (χ2v) is 9.59. The Labute approximate surface area is 179 Å². The zero-order valence-electron chi connectivity index (χ0n) is 16.6. The molecule has 1 fully saturated rings. The van der Waals surface area contributed by atoms with Gasteiger partial charge in [0.2, 0.25) is 0 Å². The predicted molar refractivity (Wildman–Crippen MR) is 115 cm³/mol. The number of nitriles is 1. The average Bonchev–Trinajstić information content (AvgIpc) is 3.18. The molecule has 1 aliphatic carbocycles. The minimum Gasteiger partial charge on any atom is -0.456 e. The Balaban J connectivity index is 1.37. The van der Waals surface area contributed by atoms with Crippen LogP contribution in [-0.2, 0) is 14.3 Å². The molecule has 0 radical (unpaired) electrons. The number of carbonyl (C=O) groups excluding carboxylic acids is 2. The van der Waals surface area contributed by atoms with Gasteiger partial charge in [-0.05, 0) is 31.4 Å². The first-order valence-corrected chi connectivity index (χ1v) is 11.7. The zero-order valence-corrected chi connectivity index (χ0v) is 18.2. The summed E-state index contributed by atoms with van der Waals surface area (Å²) in [5, 5.41) is 9.56. The van der Waals surface area contributed by atoms with Gasteiger partial charge in [0.05, 0.1) is 16.3 Å². The molecule has 0 bridgehead atoms. The highest BCUT2D eigenvalue weighted by Gasteiger charge is 2.38. The van der Waals surface area contributed by atoms with E-state index in [-0.39, 0.29) is 24.9 Å². The van der Waals surface area contributed by atoms with E-state index in [1.165, 1.54) is 4.90 Å². The van der Waals surface area contributed by atoms with E-state index in [1.807, 2.05) is 24.3 Å². The number of amides is 1. The lowest BCUT2D eigenvalue weighted by Gasteiger charge is -2.38. The fourth-order valence-electron chi connectivity index (χ4n) is 3.50. The Morgan fingerprint density at radius 2 is 2.07 bits per heavy atom. The number of thioether (sulfide) groups is 1. The van der Waals surface area contributed by atoms with Gasteiger partial charge in [0.15, 0.2) is 10.9 Å². The number of thiazole rings is 1. The second-order valence-electron chi connectivity index (χ2n) is 7.22. The molecule has 0 saturated heterocycles. The Bertz CT molecular complexity index is 867. The van der Waals surface area contributed by atoms with Gasteiger partial charge in [0, 0.05) is 19.2 Å². The van der Waals surface area contributed by atoms with Gasteiger partial charge in [-0.1, -0.05) is 43.2 Å². The van der Waals surface area contributed by atoms with Gasteiger partial charge in [0.25, 0.3) is 5.91 Å². The lowest BCUT2D eigenvalue weighted by molar-refractivity contribution is -0.153. The lowest BCUT2D eigenvalue weighted by Crippen LogP contribution is -2.51. The molecule has 0 unspecified atom stereocenters. The molecule has 0 N–H and O–H groups in total. The van der Waals surface area contributed by atoms with Crippen molar-refractivity contribution < 1.29 is 14.3 Å². The van der Waals surface area contributed by atoms with E-state index in [4.69, 9.17) is 4.74 Å². The van der Waals surface area contributed by atoms with Crippen molar-refractivity contribution in [2.45, 2.75) is 54.8 Å². The molecule has 1 aromatic heterocycles. The predicted octanol–water partition coefficient (Wildman–Crippen LogP) is 4.40. The highest BCUT2D eigenvalue weighted by atomic mass is 32.2. The number of likely N-dealkylation sites (N-methyl/N-ethyl adjacent to an activating group) is 1. The molecule has 6 nitrogen and oxygen atoms in total. The minimum atomic E-state index is -0.754. The normalized spacial score (nSPS) is 15.6. The average molecular weight is 432 g/mol. The standard InChI is InChI=1S/C21H25N3O3S2/c1-24(21(15-22)11-5-2-6-12-21)18(25)14-27-19(26)10-7-13-28-20-23-16-8-3-4-9-17(16)29-20/h3-4,8-9H,2,5-7,10-14H2,1H3. The Morgan fingerprint density at radius 1 is 1.31 bits per heavy atom. The van der Waals surface area contributed by atoms with Crippen LogP contribution in [0.5, 0.6) is 0 Å². The smallest absolute Gasteiger partial charge is 0.306 e. The van der Waals surface area contributed by atoms with E-state index < -0.39 is 5.54 Å². The van der Waals surface area contributed by atoms with Crippen LogP contribution < -0.4 is 0 Å². The van der Waals surface area contributed by atoms with Crippen molar-refractivity contribution in [1.82, 2.24) is 9.88 Å². The summed E-state index contributed by atoms with van der Waals surface area (Å²) in [6, 6.07) is 10.3. The van der Waals surface area contributed by atoms with Gasteiger partial charge in [0.1, 0.15) is 5.54 Å². The highest BCUT2D eigenvalue weighted by molar-refractivity contribution is 8.01. The summed E-state index contributed by atoms with van der Waals surface area (Å²) in [7, 11) is 1.64. The van der Waals surface area contributed by atoms with Gasteiger partial charge in [-0.15, -0.1) is 11.3 Å². The lowest BCUT2D eigenvalue weighted by atomic mass is 9.81. The van der Waals surface area contributed by atoms with Crippen LogP contribution in [0.2, 0.25) is 0 Å². The number of fused-ring (bicyclic) bond motifs is 1. The molecule has 1 heterocycles. The zero-order chi connectivity index (χ0) is 20.7. The number of benzene rings is 1. The van der Waals surface area contributed by atoms with E-state index in [0.29, 0.717) is 19.3 Å². The molecular formula is C21H25N3O3S2. The first-order chi connectivity index (χ1) is 14.0. The van der Waals surface area contributed by atoms with Crippen LogP contribution in [0.3, 0.4) is 0 Å². The molecule has 1 amide bonds. The van der Waals surface area contributed by atoms with Crippen molar-refractivity contribution in [3.8, 4) is 6.07 Å². The molecule has 29 heavy (non-hydrogen) atoms. The van der Waals surface area contributed by atoms with Crippen molar-refractivity contribution in [3.05, 3.63) is 24.3 Å². The maximum Gasteiger partial charge on any atom is 0.306 e. The van der Waals surface area contributed by atoms with Crippen molar-refractivity contribution in [3.63, 3.8) is 0 Å². The topological polar surface area (TPSA) is 83.3 Å². The molecular weight excluding hydrogens is 406 g/mol. The van der Waals surface area contributed by atoms with Crippen molar-refractivity contribution >= 4 is 45.2 Å². The van der Waals surface area contributed by atoms with Crippen LogP contribution in [0.25, 0.3) is 10.2 Å². The Morgan fingerprint density at radius 3 is 2.79 bits per heavy atom. The summed E-state index contributed by atoms with van der Waals surface area (Å²) in [6.45, 7) is -0.302. The van der Waals surface area contributed by atoms with Crippen molar-refractivity contribution in [1.29, 1.82) is 5.26 Å². The molecule has 154 valence electrons. The van der Waals surface area contributed by atoms with Crippen LogP contribution in [-0.4, -0.2) is 46.7 Å². The van der Waals surface area contributed by atoms with Crippen LogP contribution in [0, 0.1) is 11.3 Å². The summed E-state index contributed by atoms with van der Waals surface area (Å²) < 4.78 is 7.29. The van der Waals surface area contributed by atoms with E-state index >= 15 is 0 Å². The molecule has 8 heteroatoms. The fourth-order valence-corrected chi connectivity index (χ4v) is 5.58. The van der Waals surface area contributed by atoms with Crippen LogP contribution >= 0.6 is 23.1 Å². The van der Waals surface area contributed by atoms with Crippen LogP contribution in [0.15, 0.2) is 28.6 Å². The summed E-state index contributed by atoms with van der Waals surface area (Å²) in [5.74, 6) is 0.0669. The summed E-state index contributed by atoms with van der Waals surface area (Å²) in [6.07, 6.45) is 5.26. The van der Waals surface area contributed by atoms with Crippen LogP contribution in [0.1, 0.15) is 44.9 Å². The molecule has 2 aromatic rings. The molecule has 1 aromatic carbocycles. The molecule has 0 aliphatic heterocycles. The number of carbonyl (C=O) groups is 2. The molecule has 0 atom stereocenters. The number of para-hydroxylation sites is 1. The highest BCUT2D eigenvalue weighted by Crippen LogP contribution is 2.32. The van der Waals surface area contributed by atoms with Crippen molar-refractivity contribution in [2.24, 2.45) is 0 Å². The van der Waals surface area contributed by atoms with Gasteiger partial charge in [-0.25, -0.2) is 4.98 Å². The van der Waals surface area contributed by atoms with Crippen LogP contribution in [0.4, 0.5) is 0 Å². The maximum absolute atomic E-state index is 12.4. The Hall–Kier alpha value is -2.11. The maximum atomic E-state index is 12.4. The number of esters is 1. The third-order valence-corrected chi connectivity index (χ3v) is 7.55. The number of hydrogen-bond acceptors (Lipinski definition) is 7. The first-order valence-electron chi connectivity index (χ1n) is 9.86. The number of hydrogen-bond donors (Lipinski definition) is 0. The summed E-state index contributed by atoms with van der Waals surface area (Å²) in [5.41, 5.74) is 0.241. The first kappa shape index (κ1) is 21.6. The van der Waals surface area contributed by atoms with Gasteiger partial charge >= 0.3 is 5.97 Å². The van der Waals surface area contributed by atoms with Gasteiger partial charge in [-0.2, -0.15) is 5.26 Å². The quantitative estimate of drug-likeness (QED) is 0.350. The Kier molecular flexibility index (Phi) is 7.51. The summed E-state index contributed by atoms with van der Waals surface area (Å²) in [4.78, 5) is 30.4.